The molecule has 2 heterocycles. The van der Waals surface area contributed by atoms with Crippen molar-refractivity contribution in [2.24, 2.45) is 0 Å². The van der Waals surface area contributed by atoms with E-state index in [1.165, 1.54) is 69.3 Å². The molecule has 0 saturated carbocycles. The molecule has 2 aliphatic heterocycles. The fraction of sp³-hybridized carbons (Fsp3) is 0.500. The number of benzene rings is 2. The molecular formula is C34H47N3O5. The maximum Gasteiger partial charge on any atom is 0.328 e. The number of carboxylic acid groups (broad SMARTS) is 2. The molecule has 2 saturated heterocycles. The van der Waals surface area contributed by atoms with Gasteiger partial charge in [0.15, 0.2) is 0 Å². The van der Waals surface area contributed by atoms with Crippen LogP contribution in [0.1, 0.15) is 82.5 Å². The van der Waals surface area contributed by atoms with Crippen molar-refractivity contribution in [2.45, 2.75) is 90.3 Å². The third-order valence-electron chi connectivity index (χ3n) is 8.34. The van der Waals surface area contributed by atoms with E-state index in [4.69, 9.17) is 10.2 Å². The van der Waals surface area contributed by atoms with Crippen molar-refractivity contribution >= 4 is 29.2 Å². The van der Waals surface area contributed by atoms with Gasteiger partial charge >= 0.3 is 11.9 Å². The van der Waals surface area contributed by atoms with Crippen LogP contribution >= 0.6 is 0 Å². The highest BCUT2D eigenvalue weighted by Crippen LogP contribution is 2.41. The molecule has 2 atom stereocenters. The number of anilines is 2. The first kappa shape index (κ1) is 32.9. The highest BCUT2D eigenvalue weighted by Gasteiger charge is 2.42. The van der Waals surface area contributed by atoms with Crippen LogP contribution < -0.4 is 4.90 Å². The Morgan fingerprint density at radius 3 is 1.83 bits per heavy atom. The van der Waals surface area contributed by atoms with Gasteiger partial charge in [0.2, 0.25) is 0 Å². The predicted molar refractivity (Wildman–Crippen MR) is 167 cm³/mol. The van der Waals surface area contributed by atoms with Gasteiger partial charge in [-0.2, -0.15) is 0 Å². The summed E-state index contributed by atoms with van der Waals surface area (Å²) in [5, 5.41) is 15.6. The molecule has 1 amide bonds. The number of carboxylic acids is 2. The zero-order valence-electron chi connectivity index (χ0n) is 25.3. The molecule has 8 heteroatoms. The van der Waals surface area contributed by atoms with Crippen molar-refractivity contribution in [3.63, 3.8) is 0 Å². The number of aliphatic carboxylic acids is 2. The van der Waals surface area contributed by atoms with Crippen LogP contribution in [0.5, 0.6) is 0 Å². The molecule has 2 bridgehead atoms. The Balaban J connectivity index is 0.000000531. The van der Waals surface area contributed by atoms with E-state index >= 15 is 0 Å². The van der Waals surface area contributed by atoms with Crippen LogP contribution in [-0.2, 0) is 9.59 Å². The lowest BCUT2D eigenvalue weighted by Crippen LogP contribution is -2.49. The first-order valence-electron chi connectivity index (χ1n) is 15.4. The Morgan fingerprint density at radius 1 is 0.786 bits per heavy atom. The number of unbranched alkanes of at least 4 members (excludes halogenated alkanes) is 3. The summed E-state index contributed by atoms with van der Waals surface area (Å²) in [6.07, 6.45) is 11.6. The maximum atomic E-state index is 12.8. The summed E-state index contributed by atoms with van der Waals surface area (Å²) in [4.78, 5) is 39.2. The highest BCUT2D eigenvalue weighted by atomic mass is 16.4. The number of rotatable bonds is 13. The molecule has 42 heavy (non-hydrogen) atoms. The molecule has 228 valence electrons. The number of hydrogen-bond acceptors (Lipinski definition) is 5. The standard InChI is InChI=1S/C30H43N3O.C4H4O4/c1-4-7-8-12-21-32-27-19-20-28(32)23-29(22-27)33(25-13-10-9-11-14-25)26-17-15-24(16-18-26)30(34)31(5-2)6-3;5-3(6)1-2-4(7)8/h9-11,13-18,27-29H,4-8,12,19-23H2,1-3H3;1-2H,(H,5,6)(H,7,8)/b;2-1+. The summed E-state index contributed by atoms with van der Waals surface area (Å²) in [5.41, 5.74) is 3.23. The molecule has 0 aromatic heterocycles. The SMILES string of the molecule is CCCCCCN1C2CCC1CC(N(c1ccccc1)c1ccc(C(=O)N(CC)CC)cc1)C2.O=C(O)/C=C/C(=O)O. The molecule has 0 aliphatic carbocycles. The lowest BCUT2D eigenvalue weighted by molar-refractivity contribution is -0.134. The molecule has 2 aliphatic rings. The number of para-hydroxylation sites is 1. The predicted octanol–water partition coefficient (Wildman–Crippen LogP) is 6.59. The van der Waals surface area contributed by atoms with Gasteiger partial charge in [-0.15, -0.1) is 0 Å². The molecular weight excluding hydrogens is 530 g/mol. The molecule has 0 spiro atoms. The van der Waals surface area contributed by atoms with Crippen LogP contribution in [0.15, 0.2) is 66.7 Å². The van der Waals surface area contributed by atoms with Gasteiger partial charge in [-0.05, 0) is 88.9 Å². The topological polar surface area (TPSA) is 101 Å². The molecule has 0 radical (unpaired) electrons. The summed E-state index contributed by atoms with van der Waals surface area (Å²) in [5.74, 6) is -2.39. The monoisotopic (exact) mass is 577 g/mol. The third kappa shape index (κ3) is 9.18. The Morgan fingerprint density at radius 2 is 1.33 bits per heavy atom. The van der Waals surface area contributed by atoms with E-state index in [0.29, 0.717) is 30.3 Å². The van der Waals surface area contributed by atoms with Gasteiger partial charge in [0.1, 0.15) is 0 Å². The zero-order chi connectivity index (χ0) is 30.5. The Bertz CT molecular complexity index is 1130. The molecule has 2 unspecified atom stereocenters. The van der Waals surface area contributed by atoms with E-state index in [-0.39, 0.29) is 5.91 Å². The van der Waals surface area contributed by atoms with Crippen LogP contribution in [-0.4, -0.2) is 75.6 Å². The molecule has 8 nitrogen and oxygen atoms in total. The summed E-state index contributed by atoms with van der Waals surface area (Å²) < 4.78 is 0. The second-order valence-electron chi connectivity index (χ2n) is 11.0. The first-order valence-corrected chi connectivity index (χ1v) is 15.4. The lowest BCUT2D eigenvalue weighted by atomic mass is 9.94. The van der Waals surface area contributed by atoms with E-state index < -0.39 is 11.9 Å². The van der Waals surface area contributed by atoms with Crippen molar-refractivity contribution in [3.05, 3.63) is 72.3 Å². The zero-order valence-corrected chi connectivity index (χ0v) is 25.3. The maximum absolute atomic E-state index is 12.8. The van der Waals surface area contributed by atoms with E-state index in [2.05, 4.69) is 59.2 Å². The number of carbonyl (C=O) groups excluding carboxylic acids is 1. The van der Waals surface area contributed by atoms with Crippen molar-refractivity contribution < 1.29 is 24.6 Å². The number of carbonyl (C=O) groups is 3. The van der Waals surface area contributed by atoms with Crippen LogP contribution in [0.4, 0.5) is 11.4 Å². The van der Waals surface area contributed by atoms with Crippen molar-refractivity contribution in [1.29, 1.82) is 0 Å². The number of amides is 1. The smallest absolute Gasteiger partial charge is 0.328 e. The van der Waals surface area contributed by atoms with Gasteiger partial charge in [0, 0.05) is 60.3 Å². The first-order chi connectivity index (χ1) is 20.3. The molecule has 2 N–H and O–H groups in total. The van der Waals surface area contributed by atoms with E-state index in [1.54, 1.807) is 0 Å². The van der Waals surface area contributed by atoms with Gasteiger partial charge in [-0.25, -0.2) is 9.59 Å². The fourth-order valence-electron chi connectivity index (χ4n) is 6.30. The Kier molecular flexibility index (Phi) is 13.1. The molecule has 2 aromatic rings. The minimum atomic E-state index is -1.26. The van der Waals surface area contributed by atoms with Gasteiger partial charge in [0.25, 0.3) is 5.91 Å². The Labute approximate surface area is 250 Å². The second kappa shape index (κ2) is 16.7. The summed E-state index contributed by atoms with van der Waals surface area (Å²) >= 11 is 0. The number of nitrogens with zero attached hydrogens (tertiary/aromatic N) is 3. The van der Waals surface area contributed by atoms with Crippen LogP contribution in [0, 0.1) is 0 Å². The van der Waals surface area contributed by atoms with Crippen molar-refractivity contribution in [2.75, 3.05) is 24.5 Å². The van der Waals surface area contributed by atoms with E-state index in [9.17, 15) is 14.4 Å². The molecule has 4 rings (SSSR count). The minimum Gasteiger partial charge on any atom is -0.478 e. The summed E-state index contributed by atoms with van der Waals surface area (Å²) in [6.45, 7) is 9.13. The van der Waals surface area contributed by atoms with E-state index in [0.717, 1.165) is 18.7 Å². The van der Waals surface area contributed by atoms with Gasteiger partial charge in [-0.3, -0.25) is 9.69 Å². The number of piperidine rings is 1. The van der Waals surface area contributed by atoms with Crippen molar-refractivity contribution in [3.8, 4) is 0 Å². The van der Waals surface area contributed by atoms with Gasteiger partial charge in [-0.1, -0.05) is 44.4 Å². The fourth-order valence-corrected chi connectivity index (χ4v) is 6.30. The Hall–Kier alpha value is -3.65. The molecule has 2 fully saturated rings. The highest BCUT2D eigenvalue weighted by molar-refractivity contribution is 5.94. The van der Waals surface area contributed by atoms with E-state index in [1.807, 2.05) is 30.9 Å². The second-order valence-corrected chi connectivity index (χ2v) is 11.0. The lowest BCUT2D eigenvalue weighted by Gasteiger charge is -2.44. The summed E-state index contributed by atoms with van der Waals surface area (Å²) in [6, 6.07) is 21.1. The third-order valence-corrected chi connectivity index (χ3v) is 8.34. The average Bonchev–Trinajstić information content (AvgIpc) is 3.22. The summed E-state index contributed by atoms with van der Waals surface area (Å²) in [7, 11) is 0. The quantitative estimate of drug-likeness (QED) is 0.204. The van der Waals surface area contributed by atoms with Crippen LogP contribution in [0.2, 0.25) is 0 Å². The van der Waals surface area contributed by atoms with Gasteiger partial charge < -0.3 is 20.0 Å². The normalized spacial score (nSPS) is 19.6. The van der Waals surface area contributed by atoms with Crippen molar-refractivity contribution in [1.82, 2.24) is 9.80 Å². The average molecular weight is 578 g/mol. The minimum absolute atomic E-state index is 0.122. The number of fused-ring (bicyclic) bond motifs is 2. The number of hydrogen-bond donors (Lipinski definition) is 2. The van der Waals surface area contributed by atoms with Gasteiger partial charge in [0.05, 0.1) is 0 Å². The molecule has 2 aromatic carbocycles. The van der Waals surface area contributed by atoms with Crippen LogP contribution in [0.25, 0.3) is 0 Å². The largest absolute Gasteiger partial charge is 0.478 e. The van der Waals surface area contributed by atoms with Crippen LogP contribution in [0.3, 0.4) is 0 Å².